The number of rotatable bonds is 5. The second-order valence-electron chi connectivity index (χ2n) is 2.24. The third kappa shape index (κ3) is 4.09. The fourth-order valence-corrected chi connectivity index (χ4v) is 0.548. The average molecular weight is 189 g/mol. The molecule has 0 fully saturated rings. The number of carbonyl (C=O) groups is 2. The molecule has 0 bridgehead atoms. The van der Waals surface area contributed by atoms with Gasteiger partial charge in [-0.2, -0.15) is 0 Å². The molecule has 0 aromatic rings. The number of aliphatic carboxylic acids is 1. The first-order chi connectivity index (χ1) is 6.13. The molecule has 74 valence electrons. The molecule has 0 aromatic heterocycles. The zero-order valence-electron chi connectivity index (χ0n) is 7.19. The van der Waals surface area contributed by atoms with Crippen LogP contribution in [0.3, 0.4) is 0 Å². The minimum absolute atomic E-state index is 0.127. The monoisotopic (exact) mass is 189 g/mol. The number of nitrogens with zero attached hydrogens (tertiary/aromatic N) is 1. The number of hydrogen-bond donors (Lipinski definition) is 2. The average Bonchev–Trinajstić information content (AvgIpc) is 2.05. The van der Waals surface area contributed by atoms with E-state index in [2.05, 4.69) is 9.89 Å². The molecule has 0 aliphatic heterocycles. The van der Waals surface area contributed by atoms with Crippen molar-refractivity contribution in [2.24, 2.45) is 5.16 Å². The first kappa shape index (κ1) is 11.4. The van der Waals surface area contributed by atoms with Crippen molar-refractivity contribution in [1.29, 1.82) is 0 Å². The molecule has 6 nitrogen and oxygen atoms in total. The van der Waals surface area contributed by atoms with Gasteiger partial charge in [-0.1, -0.05) is 18.5 Å². The van der Waals surface area contributed by atoms with Gasteiger partial charge in [-0.25, -0.2) is 9.59 Å². The Morgan fingerprint density at radius 2 is 2.08 bits per heavy atom. The van der Waals surface area contributed by atoms with Gasteiger partial charge in [-0.3, -0.25) is 0 Å². The Kier molecular flexibility index (Phi) is 5.25. The summed E-state index contributed by atoms with van der Waals surface area (Å²) < 4.78 is 4.49. The van der Waals surface area contributed by atoms with Crippen LogP contribution < -0.4 is 0 Å². The van der Waals surface area contributed by atoms with Gasteiger partial charge in [-0.15, -0.1) is 0 Å². The van der Waals surface area contributed by atoms with Crippen molar-refractivity contribution in [3.05, 3.63) is 0 Å². The summed E-state index contributed by atoms with van der Waals surface area (Å²) in [7, 11) is 0. The summed E-state index contributed by atoms with van der Waals surface area (Å²) in [6, 6.07) is 0. The Labute approximate surface area is 74.8 Å². The summed E-state index contributed by atoms with van der Waals surface area (Å²) in [4.78, 5) is 21.0. The lowest BCUT2D eigenvalue weighted by atomic mass is 10.3. The molecule has 6 heteroatoms. The van der Waals surface area contributed by atoms with Crippen LogP contribution in [0.5, 0.6) is 0 Å². The maximum absolute atomic E-state index is 10.8. The van der Waals surface area contributed by atoms with E-state index < -0.39 is 17.7 Å². The smallest absolute Gasteiger partial charge is 0.368 e. The van der Waals surface area contributed by atoms with Gasteiger partial charge in [0, 0.05) is 0 Å². The zero-order valence-corrected chi connectivity index (χ0v) is 7.19. The van der Waals surface area contributed by atoms with E-state index in [4.69, 9.17) is 10.3 Å². The lowest BCUT2D eigenvalue weighted by Crippen LogP contribution is -2.26. The third-order valence-corrected chi connectivity index (χ3v) is 1.23. The van der Waals surface area contributed by atoms with E-state index in [0.29, 0.717) is 6.42 Å². The van der Waals surface area contributed by atoms with Crippen molar-refractivity contribution in [3.63, 3.8) is 0 Å². The van der Waals surface area contributed by atoms with E-state index >= 15 is 0 Å². The van der Waals surface area contributed by atoms with Crippen LogP contribution >= 0.6 is 0 Å². The summed E-state index contributed by atoms with van der Waals surface area (Å²) in [6.07, 6.45) is 1.47. The van der Waals surface area contributed by atoms with E-state index in [1.54, 1.807) is 0 Å². The number of oxime groups is 1. The van der Waals surface area contributed by atoms with Gasteiger partial charge in [0.15, 0.2) is 0 Å². The second-order valence-corrected chi connectivity index (χ2v) is 2.24. The first-order valence-corrected chi connectivity index (χ1v) is 3.76. The van der Waals surface area contributed by atoms with Crippen molar-refractivity contribution in [1.82, 2.24) is 0 Å². The van der Waals surface area contributed by atoms with Crippen LogP contribution in [0, 0.1) is 0 Å². The van der Waals surface area contributed by atoms with Crippen molar-refractivity contribution < 1.29 is 24.6 Å². The Hall–Kier alpha value is -1.59. The molecule has 0 amide bonds. The normalized spacial score (nSPS) is 11.0. The van der Waals surface area contributed by atoms with E-state index in [0.717, 1.165) is 6.42 Å². The number of carboxylic acids is 1. The number of ether oxygens (including phenoxy) is 1. The van der Waals surface area contributed by atoms with Crippen molar-refractivity contribution in [2.45, 2.75) is 19.8 Å². The lowest BCUT2D eigenvalue weighted by Gasteiger charge is -2.01. The van der Waals surface area contributed by atoms with E-state index in [9.17, 15) is 9.59 Å². The molecule has 0 atom stereocenters. The fourth-order valence-electron chi connectivity index (χ4n) is 0.548. The molecule has 0 radical (unpaired) electrons. The quantitative estimate of drug-likeness (QED) is 0.161. The topological polar surface area (TPSA) is 96.2 Å². The highest BCUT2D eigenvalue weighted by molar-refractivity contribution is 6.62. The molecule has 2 N–H and O–H groups in total. The molecule has 0 spiro atoms. The van der Waals surface area contributed by atoms with Crippen molar-refractivity contribution >= 4 is 17.7 Å². The van der Waals surface area contributed by atoms with Gasteiger partial charge >= 0.3 is 11.9 Å². The van der Waals surface area contributed by atoms with Crippen LogP contribution in [-0.2, 0) is 14.3 Å². The Morgan fingerprint density at radius 3 is 2.46 bits per heavy atom. The van der Waals surface area contributed by atoms with Gasteiger partial charge in [-0.05, 0) is 6.42 Å². The lowest BCUT2D eigenvalue weighted by molar-refractivity contribution is -0.138. The van der Waals surface area contributed by atoms with Gasteiger partial charge in [0.2, 0.25) is 0 Å². The first-order valence-electron chi connectivity index (χ1n) is 3.76. The highest BCUT2D eigenvalue weighted by Crippen LogP contribution is 1.91. The Bertz CT molecular complexity index is 223. The Morgan fingerprint density at radius 1 is 1.46 bits per heavy atom. The molecule has 0 aliphatic rings. The number of esters is 1. The molecular weight excluding hydrogens is 178 g/mol. The maximum Gasteiger partial charge on any atom is 0.368 e. The van der Waals surface area contributed by atoms with Crippen LogP contribution in [0.1, 0.15) is 19.8 Å². The van der Waals surface area contributed by atoms with Gasteiger partial charge in [0.05, 0.1) is 6.61 Å². The van der Waals surface area contributed by atoms with Crippen LogP contribution in [0.15, 0.2) is 5.16 Å². The summed E-state index contributed by atoms with van der Waals surface area (Å²) in [5.41, 5.74) is -1.00. The van der Waals surface area contributed by atoms with Crippen molar-refractivity contribution in [2.75, 3.05) is 6.61 Å². The van der Waals surface area contributed by atoms with Gasteiger partial charge in [0.1, 0.15) is 0 Å². The second kappa shape index (κ2) is 5.99. The highest BCUT2D eigenvalue weighted by atomic mass is 16.5. The van der Waals surface area contributed by atoms with E-state index in [1.165, 1.54) is 0 Å². The Balaban J connectivity index is 4.02. The minimum Gasteiger partial charge on any atom is -0.476 e. The van der Waals surface area contributed by atoms with Crippen molar-refractivity contribution in [3.8, 4) is 0 Å². The van der Waals surface area contributed by atoms with E-state index in [-0.39, 0.29) is 6.61 Å². The van der Waals surface area contributed by atoms with E-state index in [1.807, 2.05) is 6.92 Å². The molecule has 0 aliphatic carbocycles. The van der Waals surface area contributed by atoms with Crippen LogP contribution in [0.2, 0.25) is 0 Å². The number of carboxylic acid groups (broad SMARTS) is 1. The summed E-state index contributed by atoms with van der Waals surface area (Å²) in [5, 5.41) is 18.7. The largest absolute Gasteiger partial charge is 0.476 e. The molecular formula is C7H11NO5. The predicted octanol–water partition coefficient (Wildman–Crippen LogP) is 0.245. The van der Waals surface area contributed by atoms with Gasteiger partial charge in [0.25, 0.3) is 5.71 Å². The number of carbonyl (C=O) groups excluding carboxylic acids is 1. The predicted molar refractivity (Wildman–Crippen MR) is 42.7 cm³/mol. The SMILES string of the molecule is CCCCOC(=O)C(=NO)C(=O)O. The molecule has 13 heavy (non-hydrogen) atoms. The summed E-state index contributed by atoms with van der Waals surface area (Å²) >= 11 is 0. The number of unbranched alkanes of at least 4 members (excludes halogenated alkanes) is 1. The van der Waals surface area contributed by atoms with Crippen LogP contribution in [0.4, 0.5) is 0 Å². The maximum atomic E-state index is 10.8. The van der Waals surface area contributed by atoms with Crippen LogP contribution in [0.25, 0.3) is 0 Å². The molecule has 0 heterocycles. The molecule has 0 saturated carbocycles. The fraction of sp³-hybridized carbons (Fsp3) is 0.571. The third-order valence-electron chi connectivity index (χ3n) is 1.23. The standard InChI is InChI=1S/C7H11NO5/c1-2-3-4-13-7(11)5(8-12)6(9)10/h12H,2-4H2,1H3,(H,9,10). The number of hydrogen-bond acceptors (Lipinski definition) is 5. The van der Waals surface area contributed by atoms with Crippen LogP contribution in [-0.4, -0.2) is 34.6 Å². The van der Waals surface area contributed by atoms with Gasteiger partial charge < -0.3 is 15.1 Å². The zero-order chi connectivity index (χ0) is 10.3. The highest BCUT2D eigenvalue weighted by Gasteiger charge is 2.21. The molecule has 0 rings (SSSR count). The molecule has 0 unspecified atom stereocenters. The molecule has 0 aromatic carbocycles. The summed E-state index contributed by atoms with van der Waals surface area (Å²) in [5.74, 6) is -2.73. The molecule has 0 saturated heterocycles. The summed E-state index contributed by atoms with van der Waals surface area (Å²) in [6.45, 7) is 2.02. The minimum atomic E-state index is -1.61.